The summed E-state index contributed by atoms with van der Waals surface area (Å²) in [5.41, 5.74) is 6.40. The Balaban J connectivity index is 2.11. The molecule has 12 nitrogen and oxygen atoms in total. The Kier molecular flexibility index (Phi) is 13.5. The predicted molar refractivity (Wildman–Crippen MR) is 156 cm³/mol. The average Bonchev–Trinajstić information content (AvgIpc) is 3.31. The van der Waals surface area contributed by atoms with Crippen LogP contribution < -0.4 is 15.9 Å². The van der Waals surface area contributed by atoms with Crippen molar-refractivity contribution >= 4 is 36.2 Å². The molecule has 0 aliphatic rings. The smallest absolute Gasteiger partial charge is 0.326 e. The zero-order valence-corrected chi connectivity index (χ0v) is 25.7. The van der Waals surface area contributed by atoms with E-state index in [-0.39, 0.29) is 19.6 Å². The molecule has 2 heterocycles. The Morgan fingerprint density at radius 2 is 1.73 bits per heavy atom. The number of nitrogens with one attached hydrogen (secondary N) is 2. The molecule has 226 valence electrons. The number of fused-ring (bicyclic) bond motifs is 1. The van der Waals surface area contributed by atoms with Crippen LogP contribution in [0.25, 0.3) is 11.2 Å². The largest absolute Gasteiger partial charge is 0.465 e. The van der Waals surface area contributed by atoms with Gasteiger partial charge >= 0.3 is 11.9 Å². The van der Waals surface area contributed by atoms with Crippen LogP contribution in [0.2, 0.25) is 0 Å². The van der Waals surface area contributed by atoms with Crippen molar-refractivity contribution in [3.8, 4) is 0 Å². The van der Waals surface area contributed by atoms with E-state index >= 15 is 0 Å². The third-order valence-corrected chi connectivity index (χ3v) is 8.47. The molecule has 0 aliphatic heterocycles. The summed E-state index contributed by atoms with van der Waals surface area (Å²) < 4.78 is 32.7. The van der Waals surface area contributed by atoms with Crippen molar-refractivity contribution in [1.29, 1.82) is 0 Å². The molecule has 4 N–H and O–H groups in total. The van der Waals surface area contributed by atoms with Crippen molar-refractivity contribution in [3.05, 3.63) is 18.6 Å². The molecular formula is C27H47N6O6P. The Bertz CT molecular complexity index is 1140. The summed E-state index contributed by atoms with van der Waals surface area (Å²) in [6, 6.07) is 0.778. The lowest BCUT2D eigenvalue weighted by Gasteiger charge is -2.32. The minimum absolute atomic E-state index is 0.279. The van der Waals surface area contributed by atoms with Gasteiger partial charge in [-0.2, -0.15) is 0 Å². The molecule has 0 fully saturated rings. The number of ether oxygens (including phenoxy) is 3. The second-order valence-corrected chi connectivity index (χ2v) is 12.8. The Hall–Kier alpha value is -2.53. The van der Waals surface area contributed by atoms with E-state index in [1.807, 2.05) is 6.92 Å². The van der Waals surface area contributed by atoms with Crippen LogP contribution in [0.15, 0.2) is 18.6 Å². The van der Waals surface area contributed by atoms with E-state index in [2.05, 4.69) is 34.0 Å². The molecule has 0 radical (unpaired) electrons. The normalized spacial score (nSPS) is 14.9. The zero-order chi connectivity index (χ0) is 29.8. The van der Waals surface area contributed by atoms with Crippen molar-refractivity contribution in [2.24, 2.45) is 0 Å². The highest BCUT2D eigenvalue weighted by Crippen LogP contribution is 2.40. The SMILES string of the molecule is CCCCCOC(=O)[C@@H](C)NP(=O)(CO[C@H](C)Cn1cnc2c(N)ccnc21)NC(C)(C)C(=O)OCCCCC. The van der Waals surface area contributed by atoms with Gasteiger partial charge < -0.3 is 24.5 Å². The van der Waals surface area contributed by atoms with E-state index in [0.29, 0.717) is 23.4 Å². The first-order valence-electron chi connectivity index (χ1n) is 14.1. The number of esters is 2. The van der Waals surface area contributed by atoms with Gasteiger partial charge in [-0.05, 0) is 46.6 Å². The van der Waals surface area contributed by atoms with Gasteiger partial charge in [0.05, 0.1) is 37.9 Å². The first kappa shape index (κ1) is 33.7. The molecular weight excluding hydrogens is 535 g/mol. The highest BCUT2D eigenvalue weighted by atomic mass is 31.2. The van der Waals surface area contributed by atoms with Crippen LogP contribution in [0.5, 0.6) is 0 Å². The highest BCUT2D eigenvalue weighted by Gasteiger charge is 2.39. The number of nitrogens with zero attached hydrogens (tertiary/aromatic N) is 3. The summed E-state index contributed by atoms with van der Waals surface area (Å²) >= 11 is 0. The van der Waals surface area contributed by atoms with Crippen LogP contribution >= 0.6 is 7.44 Å². The lowest BCUT2D eigenvalue weighted by Crippen LogP contribution is -2.50. The lowest BCUT2D eigenvalue weighted by molar-refractivity contribution is -0.149. The van der Waals surface area contributed by atoms with E-state index in [1.54, 1.807) is 43.9 Å². The number of carbonyl (C=O) groups is 2. The number of nitrogens with two attached hydrogens (primary N) is 1. The molecule has 0 aromatic carbocycles. The van der Waals surface area contributed by atoms with Gasteiger partial charge in [0.1, 0.15) is 23.4 Å². The number of hydrogen-bond acceptors (Lipinski definition) is 9. The second-order valence-electron chi connectivity index (χ2n) is 10.6. The van der Waals surface area contributed by atoms with Gasteiger partial charge in [0.15, 0.2) is 5.65 Å². The van der Waals surface area contributed by atoms with Crippen molar-refractivity contribution in [3.63, 3.8) is 0 Å². The third-order valence-electron chi connectivity index (χ3n) is 6.23. The molecule has 2 aromatic heterocycles. The van der Waals surface area contributed by atoms with Gasteiger partial charge in [-0.1, -0.05) is 39.5 Å². The first-order valence-corrected chi connectivity index (χ1v) is 16.0. The number of unbranched alkanes of at least 4 members (excludes halogenated alkanes) is 4. The molecule has 1 unspecified atom stereocenters. The minimum Gasteiger partial charge on any atom is -0.465 e. The van der Waals surface area contributed by atoms with E-state index < -0.39 is 37.1 Å². The number of nitrogen functional groups attached to an aromatic ring is 1. The molecule has 0 spiro atoms. The van der Waals surface area contributed by atoms with Gasteiger partial charge in [-0.15, -0.1) is 0 Å². The van der Waals surface area contributed by atoms with Crippen molar-refractivity contribution in [1.82, 2.24) is 24.7 Å². The summed E-state index contributed by atoms with van der Waals surface area (Å²) in [5, 5.41) is 5.77. The highest BCUT2D eigenvalue weighted by molar-refractivity contribution is 7.59. The number of aromatic nitrogens is 3. The van der Waals surface area contributed by atoms with Crippen LogP contribution in [0.3, 0.4) is 0 Å². The summed E-state index contributed by atoms with van der Waals surface area (Å²) in [4.78, 5) is 34.1. The summed E-state index contributed by atoms with van der Waals surface area (Å²) in [6.45, 7) is 11.6. The predicted octanol–water partition coefficient (Wildman–Crippen LogP) is 4.38. The summed E-state index contributed by atoms with van der Waals surface area (Å²) in [7, 11) is -3.68. The number of pyridine rings is 1. The standard InChI is InChI=1S/C27H47N6O6P/c1-7-9-11-15-37-25(34)21(4)31-40(36,32-27(5,6)26(35)38-16-12-10-8-2)19-39-20(3)17-33-18-30-23-22(28)13-14-29-24(23)33/h13-14,18,20-21H,7-12,15-17,19H2,1-6H3,(H2,28,29)(H2,31,32,36)/t20-,21-,40?/m1/s1. The van der Waals surface area contributed by atoms with Gasteiger partial charge in [-0.3, -0.25) is 14.2 Å². The van der Waals surface area contributed by atoms with Gasteiger partial charge in [0, 0.05) is 6.20 Å². The third kappa shape index (κ3) is 10.5. The molecule has 13 heteroatoms. The fraction of sp³-hybridized carbons (Fsp3) is 0.704. The van der Waals surface area contributed by atoms with Gasteiger partial charge in [-0.25, -0.2) is 20.1 Å². The summed E-state index contributed by atoms with van der Waals surface area (Å²) in [5.74, 6) is -1.07. The quantitative estimate of drug-likeness (QED) is 0.122. The minimum atomic E-state index is -3.68. The van der Waals surface area contributed by atoms with Crippen molar-refractivity contribution in [2.75, 3.05) is 25.3 Å². The van der Waals surface area contributed by atoms with Gasteiger partial charge in [0.2, 0.25) is 7.44 Å². The Morgan fingerprint density at radius 3 is 2.38 bits per heavy atom. The van der Waals surface area contributed by atoms with Crippen molar-refractivity contribution < 1.29 is 28.4 Å². The topological polar surface area (TPSA) is 160 Å². The number of carbonyl (C=O) groups excluding carboxylic acids is 2. The lowest BCUT2D eigenvalue weighted by atomic mass is 10.1. The zero-order valence-electron chi connectivity index (χ0n) is 24.8. The maximum absolute atomic E-state index is 14.2. The van der Waals surface area contributed by atoms with E-state index in [0.717, 1.165) is 38.5 Å². The number of hydrogen-bond donors (Lipinski definition) is 3. The molecule has 2 aromatic rings. The second kappa shape index (κ2) is 16.0. The number of rotatable bonds is 19. The number of anilines is 1. The molecule has 2 rings (SSSR count). The average molecular weight is 583 g/mol. The number of imidazole rings is 1. The monoisotopic (exact) mass is 582 g/mol. The maximum atomic E-state index is 14.2. The first-order chi connectivity index (χ1) is 18.9. The molecule has 40 heavy (non-hydrogen) atoms. The summed E-state index contributed by atoms with van der Waals surface area (Å²) in [6.07, 6.45) is 7.91. The van der Waals surface area contributed by atoms with E-state index in [4.69, 9.17) is 19.9 Å². The van der Waals surface area contributed by atoms with Crippen LogP contribution in [-0.4, -0.2) is 63.7 Å². The fourth-order valence-corrected chi connectivity index (χ4v) is 6.38. The van der Waals surface area contributed by atoms with Crippen LogP contribution in [0.4, 0.5) is 5.69 Å². The van der Waals surface area contributed by atoms with Crippen molar-refractivity contribution in [2.45, 2.75) is 104 Å². The Labute approximate surface area is 237 Å². The molecule has 0 saturated carbocycles. The molecule has 3 atom stereocenters. The maximum Gasteiger partial charge on any atom is 0.326 e. The molecule has 0 amide bonds. The van der Waals surface area contributed by atoms with Crippen LogP contribution in [-0.2, 0) is 34.9 Å². The Morgan fingerprint density at radius 1 is 1.07 bits per heavy atom. The molecule has 0 saturated heterocycles. The fourth-order valence-electron chi connectivity index (χ4n) is 3.99. The van der Waals surface area contributed by atoms with Crippen LogP contribution in [0.1, 0.15) is 80.1 Å². The van der Waals surface area contributed by atoms with E-state index in [9.17, 15) is 14.2 Å². The van der Waals surface area contributed by atoms with Gasteiger partial charge in [0.25, 0.3) is 0 Å². The molecule has 0 aliphatic carbocycles. The van der Waals surface area contributed by atoms with Crippen LogP contribution in [0, 0.1) is 0 Å². The molecule has 0 bridgehead atoms. The van der Waals surface area contributed by atoms with E-state index in [1.165, 1.54) is 0 Å².